The van der Waals surface area contributed by atoms with Gasteiger partial charge < -0.3 is 5.32 Å². The second-order valence-electron chi connectivity index (χ2n) is 18.4. The minimum Gasteiger partial charge on any atom is -0.359 e. The number of fused-ring (bicyclic) bond motifs is 9. The van der Waals surface area contributed by atoms with E-state index >= 15 is 0 Å². The Balaban J connectivity index is 0.803. The van der Waals surface area contributed by atoms with Crippen molar-refractivity contribution in [2.24, 2.45) is 4.99 Å². The number of rotatable bonds is 6. The van der Waals surface area contributed by atoms with Crippen LogP contribution in [-0.2, 0) is 0 Å². The summed E-state index contributed by atoms with van der Waals surface area (Å²) in [4.78, 5) is 15.8. The average Bonchev–Trinajstić information content (AvgIpc) is 3.44. The first-order valence-electron chi connectivity index (χ1n) is 23.9. The number of aromatic nitrogens is 2. The van der Waals surface area contributed by atoms with E-state index in [1.54, 1.807) is 0 Å². The van der Waals surface area contributed by atoms with Crippen molar-refractivity contribution < 1.29 is 0 Å². The van der Waals surface area contributed by atoms with Crippen LogP contribution >= 0.6 is 0 Å². The minimum atomic E-state index is -0.0968. The molecule has 0 bridgehead atoms. The Morgan fingerprint density at radius 3 is 1.49 bits per heavy atom. The van der Waals surface area contributed by atoms with E-state index in [0.717, 1.165) is 66.7 Å². The summed E-state index contributed by atoms with van der Waals surface area (Å²) in [6, 6.07) is 87.1. The maximum atomic E-state index is 5.39. The zero-order valence-electron chi connectivity index (χ0n) is 38.0. The van der Waals surface area contributed by atoms with Crippen LogP contribution in [0, 0.1) is 0 Å². The number of hydrogen-bond acceptors (Lipinski definition) is 4. The van der Waals surface area contributed by atoms with E-state index < -0.39 is 0 Å². The molecule has 14 rings (SSSR count). The van der Waals surface area contributed by atoms with Crippen molar-refractivity contribution in [1.82, 2.24) is 15.3 Å². The molecular weight excluding hydrogens is 849 g/mol. The molecule has 0 aliphatic carbocycles. The SMILES string of the molecule is c1ccc2c(c1)N=C(c1ccc(-c3nc(-c4ccc(-c5ccc6c(ccc7ccccc76)c5)cc4)nc4ccccc34)c3ccccc13)NC2c1ccc(-c2ccc3c(ccc4ccccc43)c2)cc1. The van der Waals surface area contributed by atoms with Crippen molar-refractivity contribution in [1.29, 1.82) is 0 Å². The Hall–Kier alpha value is -9.25. The Bertz CT molecular complexity index is 4270. The van der Waals surface area contributed by atoms with E-state index in [1.807, 2.05) is 0 Å². The molecule has 0 saturated carbocycles. The third-order valence-corrected chi connectivity index (χ3v) is 14.3. The summed E-state index contributed by atoms with van der Waals surface area (Å²) >= 11 is 0. The van der Waals surface area contributed by atoms with Gasteiger partial charge in [-0.25, -0.2) is 15.0 Å². The first-order chi connectivity index (χ1) is 34.7. The first kappa shape index (κ1) is 39.9. The lowest BCUT2D eigenvalue weighted by Crippen LogP contribution is -2.33. The second-order valence-corrected chi connectivity index (χ2v) is 18.4. The number of para-hydroxylation sites is 2. The van der Waals surface area contributed by atoms with Crippen LogP contribution < -0.4 is 5.32 Å². The minimum absolute atomic E-state index is 0.0968. The van der Waals surface area contributed by atoms with E-state index in [9.17, 15) is 0 Å². The van der Waals surface area contributed by atoms with Crippen LogP contribution in [0.5, 0.6) is 0 Å². The monoisotopic (exact) mass is 890 g/mol. The molecule has 1 unspecified atom stereocenters. The van der Waals surface area contributed by atoms with Gasteiger partial charge in [-0.1, -0.05) is 212 Å². The largest absolute Gasteiger partial charge is 0.359 e. The summed E-state index contributed by atoms with van der Waals surface area (Å²) in [5, 5.41) is 17.2. The molecule has 4 heteroatoms. The zero-order chi connectivity index (χ0) is 46.1. The maximum absolute atomic E-state index is 5.39. The number of aliphatic imine (C=N–C) groups is 1. The summed E-state index contributed by atoms with van der Waals surface area (Å²) in [5.74, 6) is 1.53. The highest BCUT2D eigenvalue weighted by Crippen LogP contribution is 2.40. The Morgan fingerprint density at radius 2 is 0.814 bits per heavy atom. The molecule has 1 aliphatic heterocycles. The Labute approximate surface area is 404 Å². The molecule has 0 amide bonds. The number of amidine groups is 1. The van der Waals surface area contributed by atoms with Crippen LogP contribution in [0.4, 0.5) is 5.69 Å². The summed E-state index contributed by atoms with van der Waals surface area (Å²) in [7, 11) is 0. The number of benzene rings is 12. The highest BCUT2D eigenvalue weighted by molar-refractivity contribution is 6.16. The summed E-state index contributed by atoms with van der Waals surface area (Å²) < 4.78 is 0. The molecule has 1 aromatic heterocycles. The molecule has 70 heavy (non-hydrogen) atoms. The quantitative estimate of drug-likeness (QED) is 0.169. The standard InChI is InChI=1S/C66H42N4/c1-3-13-51-43(11-1)25-31-49-39-47(33-35-53(49)51)41-21-27-45(28-22-41)63-59-17-7-9-19-61(59)68-66(69-63)58-38-37-57(55-15-5-6-16-56(55)58)64-60-18-8-10-20-62(60)67-65(70-64)46-29-23-42(24-30-46)48-34-36-54-50(40-48)32-26-44-12-2-4-14-52(44)54/h1-40,63H,(H,68,69). The van der Waals surface area contributed by atoms with Crippen molar-refractivity contribution in [2.45, 2.75) is 6.04 Å². The summed E-state index contributed by atoms with van der Waals surface area (Å²) in [5.41, 5.74) is 12.9. The van der Waals surface area contributed by atoms with Crippen LogP contribution in [0.1, 0.15) is 22.7 Å². The van der Waals surface area contributed by atoms with Gasteiger partial charge in [-0.3, -0.25) is 0 Å². The lowest BCUT2D eigenvalue weighted by Gasteiger charge is -2.28. The van der Waals surface area contributed by atoms with Crippen molar-refractivity contribution in [3.8, 4) is 44.9 Å². The molecule has 2 heterocycles. The van der Waals surface area contributed by atoms with Gasteiger partial charge in [0.15, 0.2) is 5.82 Å². The van der Waals surface area contributed by atoms with Crippen LogP contribution in [0.15, 0.2) is 248 Å². The molecule has 1 atom stereocenters. The maximum Gasteiger partial charge on any atom is 0.160 e. The second kappa shape index (κ2) is 16.2. The fourth-order valence-electron chi connectivity index (χ4n) is 10.8. The normalized spacial score (nSPS) is 13.5. The predicted octanol–water partition coefficient (Wildman–Crippen LogP) is 16.8. The molecule has 326 valence electrons. The van der Waals surface area contributed by atoms with E-state index in [-0.39, 0.29) is 6.04 Å². The van der Waals surface area contributed by atoms with Gasteiger partial charge in [0, 0.05) is 27.6 Å². The summed E-state index contributed by atoms with van der Waals surface area (Å²) in [6.45, 7) is 0. The van der Waals surface area contributed by atoms with Crippen molar-refractivity contribution in [3.05, 3.63) is 259 Å². The topological polar surface area (TPSA) is 50.2 Å². The highest BCUT2D eigenvalue weighted by atomic mass is 15.1. The number of hydrogen-bond donors (Lipinski definition) is 1. The molecule has 12 aromatic carbocycles. The van der Waals surface area contributed by atoms with Crippen molar-refractivity contribution >= 4 is 76.3 Å². The molecule has 0 radical (unpaired) electrons. The van der Waals surface area contributed by atoms with Crippen molar-refractivity contribution in [3.63, 3.8) is 0 Å². The van der Waals surface area contributed by atoms with Gasteiger partial charge in [0.2, 0.25) is 0 Å². The third kappa shape index (κ3) is 6.72. The predicted molar refractivity (Wildman–Crippen MR) is 293 cm³/mol. The van der Waals surface area contributed by atoms with Gasteiger partial charge >= 0.3 is 0 Å². The Kier molecular flexibility index (Phi) is 9.24. The molecule has 13 aromatic rings. The van der Waals surface area contributed by atoms with E-state index in [2.05, 4.69) is 248 Å². The highest BCUT2D eigenvalue weighted by Gasteiger charge is 2.26. The Morgan fingerprint density at radius 1 is 0.329 bits per heavy atom. The molecule has 1 aliphatic rings. The fourth-order valence-corrected chi connectivity index (χ4v) is 10.8. The van der Waals surface area contributed by atoms with Gasteiger partial charge in [-0.15, -0.1) is 0 Å². The van der Waals surface area contributed by atoms with Crippen molar-refractivity contribution in [2.75, 3.05) is 0 Å². The number of nitrogens with zero attached hydrogens (tertiary/aromatic N) is 3. The van der Waals surface area contributed by atoms with Gasteiger partial charge in [0.05, 0.1) is 22.9 Å². The van der Waals surface area contributed by atoms with Crippen LogP contribution in [0.25, 0.3) is 110 Å². The average molecular weight is 891 g/mol. The van der Waals surface area contributed by atoms with Crippen LogP contribution in [0.2, 0.25) is 0 Å². The smallest absolute Gasteiger partial charge is 0.160 e. The molecule has 0 saturated heterocycles. The molecule has 0 spiro atoms. The van der Waals surface area contributed by atoms with Gasteiger partial charge in [0.25, 0.3) is 0 Å². The van der Waals surface area contributed by atoms with Gasteiger partial charge in [0.1, 0.15) is 5.84 Å². The van der Waals surface area contributed by atoms with Gasteiger partial charge in [-0.2, -0.15) is 0 Å². The molecule has 1 N–H and O–H groups in total. The lowest BCUT2D eigenvalue weighted by molar-refractivity contribution is 0.750. The molecule has 4 nitrogen and oxygen atoms in total. The first-order valence-corrected chi connectivity index (χ1v) is 23.9. The number of nitrogens with one attached hydrogen (secondary N) is 1. The zero-order valence-corrected chi connectivity index (χ0v) is 38.0. The third-order valence-electron chi connectivity index (χ3n) is 14.3. The van der Waals surface area contributed by atoms with E-state index in [1.165, 1.54) is 65.3 Å². The lowest BCUT2D eigenvalue weighted by atomic mass is 9.91. The van der Waals surface area contributed by atoms with Gasteiger partial charge in [-0.05, 0) is 112 Å². The van der Waals surface area contributed by atoms with Crippen LogP contribution in [-0.4, -0.2) is 15.8 Å². The molecular formula is C66H42N4. The van der Waals surface area contributed by atoms with E-state index in [0.29, 0.717) is 5.82 Å². The van der Waals surface area contributed by atoms with Crippen LogP contribution in [0.3, 0.4) is 0 Å². The summed E-state index contributed by atoms with van der Waals surface area (Å²) in [6.07, 6.45) is 0. The molecule has 0 fully saturated rings. The van der Waals surface area contributed by atoms with E-state index in [4.69, 9.17) is 15.0 Å². The fraction of sp³-hybridized carbons (Fsp3) is 0.0152.